The van der Waals surface area contributed by atoms with Gasteiger partial charge < -0.3 is 15.7 Å². The lowest BCUT2D eigenvalue weighted by atomic mass is 10.2. The minimum absolute atomic E-state index is 0.0659. The van der Waals surface area contributed by atoms with Gasteiger partial charge in [0, 0.05) is 12.1 Å². The molecule has 3 N–H and O–H groups in total. The van der Waals surface area contributed by atoms with Gasteiger partial charge in [0.2, 0.25) is 0 Å². The number of thiazole rings is 1. The molecule has 0 aliphatic rings. The van der Waals surface area contributed by atoms with Crippen molar-refractivity contribution in [2.75, 3.05) is 6.54 Å². The molecule has 8 heteroatoms. The van der Waals surface area contributed by atoms with Crippen molar-refractivity contribution in [2.45, 2.75) is 26.3 Å². The first kappa shape index (κ1) is 17.9. The SMILES string of the molecule is Cc1nc(-c2ccc(F)cc2)sc1C(C)NC(=O)NCCC(=O)O. The first-order chi connectivity index (χ1) is 11.4. The number of nitrogens with one attached hydrogen (secondary N) is 2. The van der Waals surface area contributed by atoms with E-state index in [0.717, 1.165) is 21.1 Å². The molecule has 128 valence electrons. The van der Waals surface area contributed by atoms with Crippen molar-refractivity contribution in [3.63, 3.8) is 0 Å². The molecular weight excluding hydrogens is 333 g/mol. The van der Waals surface area contributed by atoms with Crippen LogP contribution in [0.15, 0.2) is 24.3 Å². The minimum Gasteiger partial charge on any atom is -0.481 e. The number of carboxylic acid groups (broad SMARTS) is 1. The van der Waals surface area contributed by atoms with Gasteiger partial charge in [-0.1, -0.05) is 0 Å². The predicted molar refractivity (Wildman–Crippen MR) is 89.4 cm³/mol. The van der Waals surface area contributed by atoms with E-state index in [2.05, 4.69) is 15.6 Å². The summed E-state index contributed by atoms with van der Waals surface area (Å²) in [6, 6.07) is 5.37. The van der Waals surface area contributed by atoms with Crippen LogP contribution in [0.1, 0.15) is 30.0 Å². The van der Waals surface area contributed by atoms with Gasteiger partial charge in [-0.2, -0.15) is 0 Å². The Morgan fingerprint density at radius 1 is 1.33 bits per heavy atom. The summed E-state index contributed by atoms with van der Waals surface area (Å²) in [5, 5.41) is 14.5. The van der Waals surface area contributed by atoms with Crippen molar-refractivity contribution in [1.29, 1.82) is 0 Å². The Kier molecular flexibility index (Phi) is 5.86. The van der Waals surface area contributed by atoms with Gasteiger partial charge in [0.15, 0.2) is 0 Å². The van der Waals surface area contributed by atoms with E-state index >= 15 is 0 Å². The van der Waals surface area contributed by atoms with Crippen LogP contribution in [-0.2, 0) is 4.79 Å². The summed E-state index contributed by atoms with van der Waals surface area (Å²) < 4.78 is 13.0. The van der Waals surface area contributed by atoms with E-state index in [9.17, 15) is 14.0 Å². The molecule has 1 aromatic carbocycles. The van der Waals surface area contributed by atoms with E-state index in [-0.39, 0.29) is 24.8 Å². The molecule has 2 amide bonds. The maximum Gasteiger partial charge on any atom is 0.315 e. The van der Waals surface area contributed by atoms with E-state index in [1.807, 2.05) is 13.8 Å². The number of aryl methyl sites for hydroxylation is 1. The molecule has 0 spiro atoms. The maximum absolute atomic E-state index is 13.0. The standard InChI is InChI=1S/C16H18FN3O3S/c1-9-14(10(2)20-16(23)18-8-7-13(21)22)24-15(19-9)11-3-5-12(17)6-4-11/h3-6,10H,7-8H2,1-2H3,(H,21,22)(H2,18,20,23). The summed E-state index contributed by atoms with van der Waals surface area (Å²) in [6.45, 7) is 3.74. The molecule has 0 bridgehead atoms. The van der Waals surface area contributed by atoms with Crippen LogP contribution in [-0.4, -0.2) is 28.6 Å². The lowest BCUT2D eigenvalue weighted by Crippen LogP contribution is -2.37. The quantitative estimate of drug-likeness (QED) is 0.746. The fourth-order valence-electron chi connectivity index (χ4n) is 2.12. The summed E-state index contributed by atoms with van der Waals surface area (Å²) in [7, 11) is 0. The van der Waals surface area contributed by atoms with E-state index in [1.165, 1.54) is 23.5 Å². The van der Waals surface area contributed by atoms with Crippen LogP contribution in [0.25, 0.3) is 10.6 Å². The molecule has 0 fully saturated rings. The molecule has 1 aromatic heterocycles. The molecule has 2 rings (SSSR count). The summed E-state index contributed by atoms with van der Waals surface area (Å²) in [6.07, 6.45) is -0.129. The second-order valence-electron chi connectivity index (χ2n) is 5.24. The van der Waals surface area contributed by atoms with Gasteiger partial charge in [-0.3, -0.25) is 4.79 Å². The van der Waals surface area contributed by atoms with Gasteiger partial charge in [0.1, 0.15) is 10.8 Å². The van der Waals surface area contributed by atoms with Crippen molar-refractivity contribution < 1.29 is 19.1 Å². The molecule has 0 radical (unpaired) electrons. The first-order valence-electron chi connectivity index (χ1n) is 7.36. The number of carboxylic acids is 1. The van der Waals surface area contributed by atoms with Crippen molar-refractivity contribution in [1.82, 2.24) is 15.6 Å². The van der Waals surface area contributed by atoms with E-state index < -0.39 is 12.0 Å². The average molecular weight is 351 g/mol. The number of hydrogen-bond acceptors (Lipinski definition) is 4. The molecule has 6 nitrogen and oxygen atoms in total. The number of amides is 2. The highest BCUT2D eigenvalue weighted by atomic mass is 32.1. The molecule has 1 atom stereocenters. The number of rotatable bonds is 6. The average Bonchev–Trinajstić information content (AvgIpc) is 2.89. The molecule has 1 heterocycles. The molecule has 0 saturated heterocycles. The molecule has 0 aliphatic heterocycles. The number of halogens is 1. The third-order valence-electron chi connectivity index (χ3n) is 3.29. The number of aromatic nitrogens is 1. The highest BCUT2D eigenvalue weighted by Crippen LogP contribution is 2.31. The third-order valence-corrected chi connectivity index (χ3v) is 4.68. The number of hydrogen-bond donors (Lipinski definition) is 3. The highest BCUT2D eigenvalue weighted by molar-refractivity contribution is 7.15. The van der Waals surface area contributed by atoms with Crippen molar-refractivity contribution in [3.8, 4) is 10.6 Å². The summed E-state index contributed by atoms with van der Waals surface area (Å²) in [4.78, 5) is 27.5. The monoisotopic (exact) mass is 351 g/mol. The van der Waals surface area contributed by atoms with E-state index in [0.29, 0.717) is 0 Å². The van der Waals surface area contributed by atoms with Crippen LogP contribution in [0.2, 0.25) is 0 Å². The molecule has 0 aliphatic carbocycles. The summed E-state index contributed by atoms with van der Waals surface area (Å²) in [5.41, 5.74) is 1.60. The fraction of sp³-hybridized carbons (Fsp3) is 0.312. The van der Waals surface area contributed by atoms with Gasteiger partial charge in [-0.05, 0) is 38.1 Å². The lowest BCUT2D eigenvalue weighted by Gasteiger charge is -2.13. The second-order valence-corrected chi connectivity index (χ2v) is 6.27. The number of carbonyl (C=O) groups is 2. The predicted octanol–water partition coefficient (Wildman–Crippen LogP) is 3.09. The summed E-state index contributed by atoms with van der Waals surface area (Å²) >= 11 is 1.43. The topological polar surface area (TPSA) is 91.3 Å². The largest absolute Gasteiger partial charge is 0.481 e. The Morgan fingerprint density at radius 2 is 2.00 bits per heavy atom. The Bertz CT molecular complexity index is 731. The van der Waals surface area contributed by atoms with Gasteiger partial charge in [-0.15, -0.1) is 11.3 Å². The maximum atomic E-state index is 13.0. The molecular formula is C16H18FN3O3S. The number of nitrogens with zero attached hydrogens (tertiary/aromatic N) is 1. The normalized spacial score (nSPS) is 11.8. The number of benzene rings is 1. The van der Waals surface area contributed by atoms with Crippen LogP contribution in [0, 0.1) is 12.7 Å². The van der Waals surface area contributed by atoms with Crippen molar-refractivity contribution >= 4 is 23.3 Å². The van der Waals surface area contributed by atoms with Crippen LogP contribution in [0.3, 0.4) is 0 Å². The van der Waals surface area contributed by atoms with Gasteiger partial charge in [0.05, 0.1) is 23.0 Å². The fourth-order valence-corrected chi connectivity index (χ4v) is 3.20. The molecule has 24 heavy (non-hydrogen) atoms. The van der Waals surface area contributed by atoms with Gasteiger partial charge in [-0.25, -0.2) is 14.2 Å². The van der Waals surface area contributed by atoms with E-state index in [1.54, 1.807) is 12.1 Å². The number of urea groups is 1. The Morgan fingerprint density at radius 3 is 2.62 bits per heavy atom. The van der Waals surface area contributed by atoms with Gasteiger partial charge >= 0.3 is 12.0 Å². The van der Waals surface area contributed by atoms with Crippen molar-refractivity contribution in [2.24, 2.45) is 0 Å². The first-order valence-corrected chi connectivity index (χ1v) is 8.18. The molecule has 2 aromatic rings. The van der Waals surface area contributed by atoms with Crippen LogP contribution in [0.4, 0.5) is 9.18 Å². The van der Waals surface area contributed by atoms with Crippen LogP contribution >= 0.6 is 11.3 Å². The highest BCUT2D eigenvalue weighted by Gasteiger charge is 2.17. The second kappa shape index (κ2) is 7.87. The minimum atomic E-state index is -0.967. The number of carbonyl (C=O) groups excluding carboxylic acids is 1. The Balaban J connectivity index is 2.02. The van der Waals surface area contributed by atoms with Gasteiger partial charge in [0.25, 0.3) is 0 Å². The lowest BCUT2D eigenvalue weighted by molar-refractivity contribution is -0.136. The van der Waals surface area contributed by atoms with Crippen molar-refractivity contribution in [3.05, 3.63) is 40.7 Å². The smallest absolute Gasteiger partial charge is 0.315 e. The zero-order chi connectivity index (χ0) is 17.7. The van der Waals surface area contributed by atoms with Crippen LogP contribution < -0.4 is 10.6 Å². The Hall–Kier alpha value is -2.48. The zero-order valence-electron chi connectivity index (χ0n) is 13.3. The summed E-state index contributed by atoms with van der Waals surface area (Å²) in [5.74, 6) is -1.27. The molecule has 0 saturated carbocycles. The third kappa shape index (κ3) is 4.76. The molecule has 1 unspecified atom stereocenters. The van der Waals surface area contributed by atoms with Crippen LogP contribution in [0.5, 0.6) is 0 Å². The Labute approximate surface area is 142 Å². The zero-order valence-corrected chi connectivity index (χ0v) is 14.1. The van der Waals surface area contributed by atoms with E-state index in [4.69, 9.17) is 5.11 Å². The number of aliphatic carboxylic acids is 1.